The van der Waals surface area contributed by atoms with Crippen LogP contribution in [0, 0.1) is 0 Å². The number of nitrogens with two attached hydrogens (primary N) is 1. The molecule has 0 aliphatic carbocycles. The van der Waals surface area contributed by atoms with E-state index in [0.717, 1.165) is 0 Å². The fourth-order valence-electron chi connectivity index (χ4n) is 2.07. The first-order chi connectivity index (χ1) is 9.97. The van der Waals surface area contributed by atoms with Gasteiger partial charge in [-0.3, -0.25) is 4.79 Å². The topological polar surface area (TPSA) is 52.3 Å². The fourth-order valence-corrected chi connectivity index (χ4v) is 2.07. The van der Waals surface area contributed by atoms with Crippen LogP contribution < -0.4 is 10.5 Å². The lowest BCUT2D eigenvalue weighted by atomic mass is 9.99. The summed E-state index contributed by atoms with van der Waals surface area (Å²) >= 11 is 0. The summed E-state index contributed by atoms with van der Waals surface area (Å²) in [6, 6.07) is 14.7. The molecule has 2 aromatic rings. The summed E-state index contributed by atoms with van der Waals surface area (Å²) < 4.78 is 5.66. The van der Waals surface area contributed by atoms with E-state index in [-0.39, 0.29) is 5.78 Å². The van der Waals surface area contributed by atoms with Crippen molar-refractivity contribution in [3.63, 3.8) is 0 Å². The molecule has 2 rings (SSSR count). The number of rotatable bonds is 5. The molecule has 0 amide bonds. The minimum Gasteiger partial charge on any atom is -0.483 e. The molecular weight excluding hydrogens is 262 g/mol. The molecular formula is C18H21NO2. The molecule has 0 fully saturated rings. The zero-order valence-corrected chi connectivity index (χ0v) is 12.7. The molecule has 110 valence electrons. The van der Waals surface area contributed by atoms with E-state index in [2.05, 4.69) is 13.8 Å². The van der Waals surface area contributed by atoms with Crippen LogP contribution in [0.15, 0.2) is 48.5 Å². The van der Waals surface area contributed by atoms with Crippen molar-refractivity contribution in [2.24, 2.45) is 0 Å². The van der Waals surface area contributed by atoms with Crippen LogP contribution in [-0.2, 0) is 0 Å². The molecule has 2 N–H and O–H groups in total. The van der Waals surface area contributed by atoms with E-state index in [1.165, 1.54) is 5.56 Å². The highest BCUT2D eigenvalue weighted by atomic mass is 16.5. The van der Waals surface area contributed by atoms with Crippen LogP contribution in [0.3, 0.4) is 0 Å². The van der Waals surface area contributed by atoms with Gasteiger partial charge in [0.2, 0.25) is 5.78 Å². The minimum absolute atomic E-state index is 0.0258. The molecule has 0 spiro atoms. The predicted octanol–water partition coefficient (Wildman–Crippen LogP) is 4.04. The van der Waals surface area contributed by atoms with Crippen LogP contribution in [0.4, 0.5) is 5.69 Å². The van der Waals surface area contributed by atoms with Crippen LogP contribution in [0.1, 0.15) is 42.6 Å². The van der Waals surface area contributed by atoms with Gasteiger partial charge in [-0.2, -0.15) is 0 Å². The van der Waals surface area contributed by atoms with Crippen LogP contribution >= 0.6 is 0 Å². The second kappa shape index (κ2) is 6.44. The second-order valence-electron chi connectivity index (χ2n) is 5.47. The van der Waals surface area contributed by atoms with Gasteiger partial charge < -0.3 is 10.5 Å². The van der Waals surface area contributed by atoms with Gasteiger partial charge in [0.1, 0.15) is 5.75 Å². The molecule has 0 aliphatic heterocycles. The molecule has 1 unspecified atom stereocenters. The van der Waals surface area contributed by atoms with Crippen LogP contribution in [0.5, 0.6) is 5.75 Å². The monoisotopic (exact) mass is 283 g/mol. The average molecular weight is 283 g/mol. The number of benzene rings is 2. The van der Waals surface area contributed by atoms with Gasteiger partial charge in [0.25, 0.3) is 0 Å². The highest BCUT2D eigenvalue weighted by Gasteiger charge is 2.17. The number of Topliss-reactive ketones (excluding diaryl/α,β-unsaturated/α-hetero) is 1. The molecule has 0 heterocycles. The number of hydrogen-bond acceptors (Lipinski definition) is 3. The van der Waals surface area contributed by atoms with E-state index in [4.69, 9.17) is 10.5 Å². The zero-order valence-electron chi connectivity index (χ0n) is 12.7. The van der Waals surface area contributed by atoms with Gasteiger partial charge in [-0.25, -0.2) is 0 Å². The third-order valence-corrected chi connectivity index (χ3v) is 3.42. The van der Waals surface area contributed by atoms with Crippen molar-refractivity contribution < 1.29 is 9.53 Å². The Morgan fingerprint density at radius 2 is 1.52 bits per heavy atom. The summed E-state index contributed by atoms with van der Waals surface area (Å²) in [5.41, 5.74) is 8.19. The molecule has 3 nitrogen and oxygen atoms in total. The van der Waals surface area contributed by atoms with Crippen LogP contribution in [0.25, 0.3) is 0 Å². The highest BCUT2D eigenvalue weighted by molar-refractivity contribution is 5.99. The van der Waals surface area contributed by atoms with E-state index in [1.54, 1.807) is 31.2 Å². The van der Waals surface area contributed by atoms with Gasteiger partial charge >= 0.3 is 0 Å². The SMILES string of the molecule is CC(Oc1ccc(N)cc1)C(=O)c1ccc(C(C)C)cc1. The van der Waals surface area contributed by atoms with Gasteiger partial charge in [0.05, 0.1) is 0 Å². The van der Waals surface area contributed by atoms with E-state index < -0.39 is 6.10 Å². The number of carbonyl (C=O) groups excluding carboxylic acids is 1. The number of anilines is 1. The standard InChI is InChI=1S/C18H21NO2/c1-12(2)14-4-6-15(7-5-14)18(20)13(3)21-17-10-8-16(19)9-11-17/h4-13H,19H2,1-3H3. The maximum Gasteiger partial charge on any atom is 0.202 e. The fraction of sp³-hybridized carbons (Fsp3) is 0.278. The van der Waals surface area contributed by atoms with Crippen molar-refractivity contribution >= 4 is 11.5 Å². The summed E-state index contributed by atoms with van der Waals surface area (Å²) in [4.78, 5) is 12.3. The number of nitrogen functional groups attached to an aromatic ring is 1. The quantitative estimate of drug-likeness (QED) is 0.665. The van der Waals surface area contributed by atoms with Gasteiger partial charge in [-0.1, -0.05) is 38.1 Å². The molecule has 0 saturated heterocycles. The Hall–Kier alpha value is -2.29. The number of ketones is 1. The van der Waals surface area contributed by atoms with Crippen molar-refractivity contribution in [2.45, 2.75) is 32.8 Å². The average Bonchev–Trinajstić information content (AvgIpc) is 2.49. The summed E-state index contributed by atoms with van der Waals surface area (Å²) in [6.45, 7) is 6.02. The Bertz CT molecular complexity index is 600. The largest absolute Gasteiger partial charge is 0.483 e. The maximum absolute atomic E-state index is 12.3. The van der Waals surface area contributed by atoms with Crippen molar-refractivity contribution in [1.82, 2.24) is 0 Å². The van der Waals surface area contributed by atoms with Crippen molar-refractivity contribution in [3.8, 4) is 5.75 Å². The van der Waals surface area contributed by atoms with E-state index >= 15 is 0 Å². The number of ether oxygens (including phenoxy) is 1. The molecule has 2 aromatic carbocycles. The Balaban J connectivity index is 2.06. The van der Waals surface area contributed by atoms with Gasteiger partial charge in [-0.15, -0.1) is 0 Å². The summed E-state index contributed by atoms with van der Waals surface area (Å²) in [5.74, 6) is 1.07. The maximum atomic E-state index is 12.3. The Kier molecular flexibility index (Phi) is 4.63. The van der Waals surface area contributed by atoms with E-state index in [0.29, 0.717) is 22.9 Å². The third kappa shape index (κ3) is 3.85. The second-order valence-corrected chi connectivity index (χ2v) is 5.47. The molecule has 0 bridgehead atoms. The molecule has 1 atom stereocenters. The smallest absolute Gasteiger partial charge is 0.202 e. The first-order valence-corrected chi connectivity index (χ1v) is 7.13. The Morgan fingerprint density at radius 3 is 2.05 bits per heavy atom. The van der Waals surface area contributed by atoms with E-state index in [9.17, 15) is 4.79 Å². The Morgan fingerprint density at radius 1 is 0.952 bits per heavy atom. The lowest BCUT2D eigenvalue weighted by molar-refractivity contribution is 0.0818. The van der Waals surface area contributed by atoms with Crippen molar-refractivity contribution in [2.75, 3.05) is 5.73 Å². The predicted molar refractivity (Wildman–Crippen MR) is 85.8 cm³/mol. The molecule has 3 heteroatoms. The molecule has 0 aromatic heterocycles. The first kappa shape index (κ1) is 15.1. The summed E-state index contributed by atoms with van der Waals surface area (Å²) in [7, 11) is 0. The molecule has 0 aliphatic rings. The lowest BCUT2D eigenvalue weighted by Crippen LogP contribution is -2.23. The zero-order chi connectivity index (χ0) is 15.4. The first-order valence-electron chi connectivity index (χ1n) is 7.13. The highest BCUT2D eigenvalue weighted by Crippen LogP contribution is 2.18. The van der Waals surface area contributed by atoms with Gasteiger partial charge in [-0.05, 0) is 42.7 Å². The molecule has 0 radical (unpaired) electrons. The van der Waals surface area contributed by atoms with Crippen molar-refractivity contribution in [3.05, 3.63) is 59.7 Å². The molecule has 0 saturated carbocycles. The number of carbonyl (C=O) groups is 1. The summed E-state index contributed by atoms with van der Waals surface area (Å²) in [5, 5.41) is 0. The normalized spacial score (nSPS) is 12.2. The lowest BCUT2D eigenvalue weighted by Gasteiger charge is -2.14. The van der Waals surface area contributed by atoms with Crippen molar-refractivity contribution in [1.29, 1.82) is 0 Å². The van der Waals surface area contributed by atoms with E-state index in [1.807, 2.05) is 24.3 Å². The molecule has 21 heavy (non-hydrogen) atoms. The minimum atomic E-state index is -0.529. The number of hydrogen-bond donors (Lipinski definition) is 1. The van der Waals surface area contributed by atoms with Gasteiger partial charge in [0.15, 0.2) is 6.10 Å². The van der Waals surface area contributed by atoms with Crippen LogP contribution in [0.2, 0.25) is 0 Å². The van der Waals surface area contributed by atoms with Gasteiger partial charge in [0, 0.05) is 11.3 Å². The van der Waals surface area contributed by atoms with Crippen LogP contribution in [-0.4, -0.2) is 11.9 Å². The third-order valence-electron chi connectivity index (χ3n) is 3.42. The Labute approximate surface area is 125 Å². The summed E-state index contributed by atoms with van der Waals surface area (Å²) in [6.07, 6.45) is -0.529.